The van der Waals surface area contributed by atoms with Gasteiger partial charge in [-0.3, -0.25) is 0 Å². The molecule has 2 rings (SSSR count). The van der Waals surface area contributed by atoms with E-state index >= 15 is 0 Å². The summed E-state index contributed by atoms with van der Waals surface area (Å²) in [5.74, 6) is 0.711. The Morgan fingerprint density at radius 3 is 2.79 bits per heavy atom. The lowest BCUT2D eigenvalue weighted by Crippen LogP contribution is -2.22. The van der Waals surface area contributed by atoms with E-state index in [2.05, 4.69) is 5.32 Å². The molecule has 0 bridgehead atoms. The van der Waals surface area contributed by atoms with Crippen LogP contribution < -0.4 is 5.32 Å². The summed E-state index contributed by atoms with van der Waals surface area (Å²) in [5.41, 5.74) is 0.642. The second-order valence-electron chi connectivity index (χ2n) is 5.67. The van der Waals surface area contributed by atoms with Crippen LogP contribution in [0.25, 0.3) is 0 Å². The van der Waals surface area contributed by atoms with Crippen molar-refractivity contribution in [1.82, 2.24) is 5.32 Å². The molecule has 1 fully saturated rings. The third-order valence-electron chi connectivity index (χ3n) is 4.18. The molecule has 0 amide bonds. The molecule has 0 heterocycles. The van der Waals surface area contributed by atoms with Crippen LogP contribution in [0.5, 0.6) is 5.75 Å². The predicted molar refractivity (Wildman–Crippen MR) is 75.7 cm³/mol. The van der Waals surface area contributed by atoms with Crippen LogP contribution in [-0.4, -0.2) is 11.7 Å². The Labute approximate surface area is 115 Å². The highest BCUT2D eigenvalue weighted by molar-refractivity contribution is 5.34. The number of rotatable bonds is 5. The van der Waals surface area contributed by atoms with E-state index in [0.717, 1.165) is 12.5 Å². The Hall–Kier alpha value is -1.09. The minimum absolute atomic E-state index is 0.0145. The number of hydrogen-bond acceptors (Lipinski definition) is 2. The SMILES string of the molecule is CC(NCCC1CCCCC1)c1cc(F)ccc1O. The molecule has 1 atom stereocenters. The van der Waals surface area contributed by atoms with Gasteiger partial charge in [0, 0.05) is 11.6 Å². The van der Waals surface area contributed by atoms with Gasteiger partial charge in [-0.1, -0.05) is 32.1 Å². The van der Waals surface area contributed by atoms with Gasteiger partial charge >= 0.3 is 0 Å². The quantitative estimate of drug-likeness (QED) is 0.838. The van der Waals surface area contributed by atoms with Crippen LogP contribution in [0.3, 0.4) is 0 Å². The number of phenols is 1. The van der Waals surface area contributed by atoms with Crippen LogP contribution in [0.2, 0.25) is 0 Å². The first kappa shape index (κ1) is 14.3. The van der Waals surface area contributed by atoms with Gasteiger partial charge in [0.25, 0.3) is 0 Å². The van der Waals surface area contributed by atoms with E-state index in [0.29, 0.717) is 5.56 Å². The van der Waals surface area contributed by atoms with Gasteiger partial charge in [0.15, 0.2) is 0 Å². The summed E-state index contributed by atoms with van der Waals surface area (Å²) in [6.07, 6.45) is 8.00. The second kappa shape index (κ2) is 6.90. The van der Waals surface area contributed by atoms with Crippen molar-refractivity contribution >= 4 is 0 Å². The molecule has 0 aliphatic heterocycles. The topological polar surface area (TPSA) is 32.3 Å². The molecule has 0 saturated heterocycles. The number of hydrogen-bond donors (Lipinski definition) is 2. The van der Waals surface area contributed by atoms with E-state index in [9.17, 15) is 9.50 Å². The first-order valence-corrected chi connectivity index (χ1v) is 7.38. The lowest BCUT2D eigenvalue weighted by Gasteiger charge is -2.23. The summed E-state index contributed by atoms with van der Waals surface area (Å²) in [6.45, 7) is 2.90. The Balaban J connectivity index is 1.80. The number of aromatic hydroxyl groups is 1. The fourth-order valence-electron chi connectivity index (χ4n) is 2.96. The van der Waals surface area contributed by atoms with Gasteiger partial charge in [0.1, 0.15) is 11.6 Å². The van der Waals surface area contributed by atoms with E-state index in [1.807, 2.05) is 6.92 Å². The Bertz CT molecular complexity index is 402. The van der Waals surface area contributed by atoms with Crippen molar-refractivity contribution in [3.05, 3.63) is 29.6 Å². The van der Waals surface area contributed by atoms with Crippen molar-refractivity contribution in [3.63, 3.8) is 0 Å². The van der Waals surface area contributed by atoms with Crippen molar-refractivity contribution in [3.8, 4) is 5.75 Å². The van der Waals surface area contributed by atoms with Crippen LogP contribution in [0.1, 0.15) is 57.1 Å². The summed E-state index contributed by atoms with van der Waals surface area (Å²) in [5, 5.41) is 13.1. The molecule has 0 spiro atoms. The summed E-state index contributed by atoms with van der Waals surface area (Å²) in [4.78, 5) is 0. The normalized spacial score (nSPS) is 18.4. The molecular weight excluding hydrogens is 241 g/mol. The van der Waals surface area contributed by atoms with Gasteiger partial charge in [-0.2, -0.15) is 0 Å². The van der Waals surface area contributed by atoms with E-state index < -0.39 is 0 Å². The molecule has 0 radical (unpaired) electrons. The largest absolute Gasteiger partial charge is 0.508 e. The molecular formula is C16H24FNO. The molecule has 0 aromatic heterocycles. The predicted octanol–water partition coefficient (Wildman–Crippen LogP) is 4.15. The maximum Gasteiger partial charge on any atom is 0.123 e. The highest BCUT2D eigenvalue weighted by atomic mass is 19.1. The third kappa shape index (κ3) is 4.20. The number of benzene rings is 1. The van der Waals surface area contributed by atoms with E-state index in [1.165, 1.54) is 56.7 Å². The molecule has 1 aromatic carbocycles. The second-order valence-corrected chi connectivity index (χ2v) is 5.67. The van der Waals surface area contributed by atoms with E-state index in [1.54, 1.807) is 0 Å². The van der Waals surface area contributed by atoms with Crippen molar-refractivity contribution in [1.29, 1.82) is 0 Å². The van der Waals surface area contributed by atoms with Gasteiger partial charge in [0.05, 0.1) is 0 Å². The van der Waals surface area contributed by atoms with Crippen LogP contribution >= 0.6 is 0 Å². The van der Waals surface area contributed by atoms with Crippen molar-refractivity contribution < 1.29 is 9.50 Å². The third-order valence-corrected chi connectivity index (χ3v) is 4.18. The first-order valence-electron chi connectivity index (χ1n) is 7.38. The average Bonchev–Trinajstić information content (AvgIpc) is 2.42. The summed E-state index contributed by atoms with van der Waals surface area (Å²) in [7, 11) is 0. The van der Waals surface area contributed by atoms with Gasteiger partial charge in [-0.05, 0) is 44.0 Å². The molecule has 1 aromatic rings. The number of nitrogens with one attached hydrogen (secondary N) is 1. The van der Waals surface area contributed by atoms with Crippen LogP contribution in [0.4, 0.5) is 4.39 Å². The molecule has 1 aliphatic carbocycles. The molecule has 106 valence electrons. The van der Waals surface area contributed by atoms with Gasteiger partial charge < -0.3 is 10.4 Å². The zero-order valence-electron chi connectivity index (χ0n) is 11.7. The molecule has 1 saturated carbocycles. The van der Waals surface area contributed by atoms with Gasteiger partial charge in [-0.25, -0.2) is 4.39 Å². The first-order chi connectivity index (χ1) is 9.16. The van der Waals surface area contributed by atoms with Crippen molar-refractivity contribution in [2.24, 2.45) is 5.92 Å². The Kier molecular flexibility index (Phi) is 5.20. The lowest BCUT2D eigenvalue weighted by molar-refractivity contribution is 0.328. The molecule has 3 heteroatoms. The fraction of sp³-hybridized carbons (Fsp3) is 0.625. The summed E-state index contributed by atoms with van der Waals surface area (Å²) >= 11 is 0. The maximum absolute atomic E-state index is 13.2. The van der Waals surface area contributed by atoms with Gasteiger partial charge in [-0.15, -0.1) is 0 Å². The zero-order chi connectivity index (χ0) is 13.7. The standard InChI is InChI=1S/C16H24FNO/c1-12(15-11-14(17)7-8-16(15)19)18-10-9-13-5-3-2-4-6-13/h7-8,11-13,18-19H,2-6,9-10H2,1H3. The molecule has 2 nitrogen and oxygen atoms in total. The molecule has 1 unspecified atom stereocenters. The summed E-state index contributed by atoms with van der Waals surface area (Å²) in [6, 6.07) is 4.10. The molecule has 2 N–H and O–H groups in total. The van der Waals surface area contributed by atoms with Crippen molar-refractivity contribution in [2.45, 2.75) is 51.5 Å². The molecule has 19 heavy (non-hydrogen) atoms. The Morgan fingerprint density at radius 1 is 1.32 bits per heavy atom. The maximum atomic E-state index is 13.2. The minimum atomic E-state index is -0.297. The Morgan fingerprint density at radius 2 is 2.05 bits per heavy atom. The zero-order valence-corrected chi connectivity index (χ0v) is 11.7. The summed E-state index contributed by atoms with van der Waals surface area (Å²) < 4.78 is 13.2. The average molecular weight is 265 g/mol. The highest BCUT2D eigenvalue weighted by Crippen LogP contribution is 2.27. The number of halogens is 1. The smallest absolute Gasteiger partial charge is 0.123 e. The van der Waals surface area contributed by atoms with Crippen LogP contribution in [0.15, 0.2) is 18.2 Å². The monoisotopic (exact) mass is 265 g/mol. The lowest BCUT2D eigenvalue weighted by atomic mass is 9.87. The number of phenolic OH excluding ortho intramolecular Hbond substituents is 1. The highest BCUT2D eigenvalue weighted by Gasteiger charge is 2.15. The van der Waals surface area contributed by atoms with E-state index in [-0.39, 0.29) is 17.6 Å². The fourth-order valence-corrected chi connectivity index (χ4v) is 2.96. The minimum Gasteiger partial charge on any atom is -0.508 e. The van der Waals surface area contributed by atoms with E-state index in [4.69, 9.17) is 0 Å². The van der Waals surface area contributed by atoms with Gasteiger partial charge in [0.2, 0.25) is 0 Å². The van der Waals surface area contributed by atoms with Crippen molar-refractivity contribution in [2.75, 3.05) is 6.54 Å². The van der Waals surface area contributed by atoms with Crippen LogP contribution in [-0.2, 0) is 0 Å². The molecule has 1 aliphatic rings. The van der Waals surface area contributed by atoms with Crippen LogP contribution in [0, 0.1) is 11.7 Å².